The summed E-state index contributed by atoms with van der Waals surface area (Å²) in [7, 11) is 0. The molecule has 2 aromatic rings. The predicted octanol–water partition coefficient (Wildman–Crippen LogP) is 2.26. The topological polar surface area (TPSA) is 81.1 Å². The van der Waals surface area contributed by atoms with E-state index < -0.39 is 11.6 Å². The molecule has 0 radical (unpaired) electrons. The Labute approximate surface area is 150 Å². The lowest BCUT2D eigenvalue weighted by Gasteiger charge is -2.17. The molecule has 25 heavy (non-hydrogen) atoms. The van der Waals surface area contributed by atoms with Gasteiger partial charge >= 0.3 is 0 Å². The molecule has 5 nitrogen and oxygen atoms in total. The van der Waals surface area contributed by atoms with Gasteiger partial charge in [-0.25, -0.2) is 13.5 Å². The molecule has 1 heterocycles. The maximum Gasteiger partial charge on any atom is 0.271 e. The van der Waals surface area contributed by atoms with Gasteiger partial charge in [-0.3, -0.25) is 4.79 Å². The van der Waals surface area contributed by atoms with Crippen molar-refractivity contribution in [2.24, 2.45) is 11.7 Å². The number of benzene rings is 1. The first-order chi connectivity index (χ1) is 11.4. The van der Waals surface area contributed by atoms with Gasteiger partial charge in [-0.05, 0) is 30.0 Å². The van der Waals surface area contributed by atoms with Crippen LogP contribution in [0.15, 0.2) is 23.0 Å². The van der Waals surface area contributed by atoms with E-state index >= 15 is 0 Å². The number of nitrogens with zero attached hydrogens (tertiary/aromatic N) is 2. The normalized spacial score (nSPS) is 10.8. The zero-order chi connectivity index (χ0) is 17.9. The monoisotopic (exact) mass is 373 g/mol. The van der Waals surface area contributed by atoms with E-state index in [1.54, 1.807) is 0 Å². The molecule has 8 heteroatoms. The average Bonchev–Trinajstić information content (AvgIpc) is 2.50. The molecule has 0 bridgehead atoms. The number of aliphatic hydroxyl groups excluding tert-OH is 1. The molecule has 1 aromatic heterocycles. The molecule has 1 aromatic carbocycles. The summed E-state index contributed by atoms with van der Waals surface area (Å²) in [6, 6.07) is 3.17. The van der Waals surface area contributed by atoms with E-state index in [2.05, 4.69) is 5.10 Å². The third-order valence-electron chi connectivity index (χ3n) is 3.65. The van der Waals surface area contributed by atoms with Crippen LogP contribution in [-0.2, 0) is 19.5 Å². The molecule has 0 atom stereocenters. The van der Waals surface area contributed by atoms with E-state index in [1.807, 2.05) is 13.8 Å². The molecule has 0 spiro atoms. The van der Waals surface area contributed by atoms with Crippen molar-refractivity contribution in [1.82, 2.24) is 9.78 Å². The van der Waals surface area contributed by atoms with Crippen molar-refractivity contribution in [3.8, 4) is 11.3 Å². The minimum Gasteiger partial charge on any atom is -0.396 e. The summed E-state index contributed by atoms with van der Waals surface area (Å²) in [6.07, 6.45) is 0.115. The smallest absolute Gasteiger partial charge is 0.271 e. The highest BCUT2D eigenvalue weighted by atomic mass is 35.5. The Morgan fingerprint density at radius 1 is 1.28 bits per heavy atom. The molecule has 2 rings (SSSR count). The number of nitrogens with two attached hydrogens (primary N) is 1. The first kappa shape index (κ1) is 21.2. The summed E-state index contributed by atoms with van der Waals surface area (Å²) in [5, 5.41) is 13.6. The van der Waals surface area contributed by atoms with Crippen molar-refractivity contribution >= 4 is 12.4 Å². The van der Waals surface area contributed by atoms with Gasteiger partial charge in [0.1, 0.15) is 11.6 Å². The third-order valence-corrected chi connectivity index (χ3v) is 3.65. The summed E-state index contributed by atoms with van der Waals surface area (Å²) in [5.41, 5.74) is 6.34. The number of aromatic nitrogens is 2. The maximum absolute atomic E-state index is 14.2. The van der Waals surface area contributed by atoms with E-state index in [0.29, 0.717) is 17.7 Å². The Hall–Kier alpha value is -1.83. The van der Waals surface area contributed by atoms with Crippen molar-refractivity contribution in [1.29, 1.82) is 0 Å². The van der Waals surface area contributed by atoms with Crippen LogP contribution in [0.5, 0.6) is 0 Å². The molecule has 0 amide bonds. The minimum atomic E-state index is -0.778. The zero-order valence-electron chi connectivity index (χ0n) is 14.1. The summed E-state index contributed by atoms with van der Waals surface area (Å²) in [5.74, 6) is -1.33. The molecule has 3 N–H and O–H groups in total. The number of hydrogen-bond donors (Lipinski definition) is 2. The standard InChI is InChI=1S/C17H21F2N3O2.ClH/c1-10(2)9-22-17(24)14(8-20)12(5-6-23)16(21-22)13-4-3-11(18)7-15(13)19;/h3-4,7,10,23H,5-6,8-9,20H2,1-2H3;1H. The molecule has 0 saturated carbocycles. The van der Waals surface area contributed by atoms with E-state index in [1.165, 1.54) is 10.7 Å². The lowest BCUT2D eigenvalue weighted by Crippen LogP contribution is -2.32. The molecule has 0 aliphatic rings. The number of halogens is 3. The first-order valence-corrected chi connectivity index (χ1v) is 7.78. The fourth-order valence-corrected chi connectivity index (χ4v) is 2.61. The van der Waals surface area contributed by atoms with Gasteiger partial charge < -0.3 is 10.8 Å². The van der Waals surface area contributed by atoms with Crippen LogP contribution >= 0.6 is 12.4 Å². The second kappa shape index (κ2) is 9.03. The molecular formula is C17H22ClF2N3O2. The summed E-state index contributed by atoms with van der Waals surface area (Å²) >= 11 is 0. The van der Waals surface area contributed by atoms with Gasteiger partial charge in [0.2, 0.25) is 0 Å². The number of hydrogen-bond acceptors (Lipinski definition) is 4. The van der Waals surface area contributed by atoms with Crippen LogP contribution in [0.1, 0.15) is 25.0 Å². The first-order valence-electron chi connectivity index (χ1n) is 7.78. The average molecular weight is 374 g/mol. The van der Waals surface area contributed by atoms with Crippen LogP contribution in [0.3, 0.4) is 0 Å². The van der Waals surface area contributed by atoms with E-state index in [0.717, 1.165) is 12.1 Å². The Kier molecular flexibility index (Phi) is 7.66. The van der Waals surface area contributed by atoms with Crippen molar-refractivity contribution in [3.05, 3.63) is 51.3 Å². The highest BCUT2D eigenvalue weighted by Crippen LogP contribution is 2.26. The Bertz CT molecular complexity index is 794. The number of aliphatic hydroxyl groups is 1. The van der Waals surface area contributed by atoms with Crippen LogP contribution in [0.2, 0.25) is 0 Å². The fraction of sp³-hybridized carbons (Fsp3) is 0.412. The zero-order valence-corrected chi connectivity index (χ0v) is 14.9. The van der Waals surface area contributed by atoms with Crippen LogP contribution in [0.25, 0.3) is 11.3 Å². The Morgan fingerprint density at radius 2 is 1.96 bits per heavy atom. The van der Waals surface area contributed by atoms with Crippen LogP contribution in [0.4, 0.5) is 8.78 Å². The molecule has 0 fully saturated rings. The van der Waals surface area contributed by atoms with Crippen LogP contribution in [-0.4, -0.2) is 21.5 Å². The van der Waals surface area contributed by atoms with E-state index in [9.17, 15) is 18.7 Å². The lowest BCUT2D eigenvalue weighted by atomic mass is 9.99. The van der Waals surface area contributed by atoms with Gasteiger partial charge in [-0.2, -0.15) is 5.10 Å². The molecule has 0 saturated heterocycles. The van der Waals surface area contributed by atoms with Crippen molar-refractivity contribution in [2.75, 3.05) is 6.61 Å². The third kappa shape index (κ3) is 4.62. The highest BCUT2D eigenvalue weighted by Gasteiger charge is 2.20. The van der Waals surface area contributed by atoms with E-state index in [4.69, 9.17) is 5.73 Å². The van der Waals surface area contributed by atoms with Gasteiger partial charge in [0.05, 0.1) is 5.69 Å². The summed E-state index contributed by atoms with van der Waals surface area (Å²) in [4.78, 5) is 12.5. The van der Waals surface area contributed by atoms with Crippen molar-refractivity contribution in [3.63, 3.8) is 0 Å². The minimum absolute atomic E-state index is 0. The van der Waals surface area contributed by atoms with Gasteiger partial charge in [0.25, 0.3) is 5.56 Å². The Balaban J connectivity index is 0.00000312. The van der Waals surface area contributed by atoms with Crippen LogP contribution in [0, 0.1) is 17.6 Å². The molecule has 0 aliphatic heterocycles. The van der Waals surface area contributed by atoms with Crippen molar-refractivity contribution in [2.45, 2.75) is 33.4 Å². The second-order valence-electron chi connectivity index (χ2n) is 5.99. The summed E-state index contributed by atoms with van der Waals surface area (Å²) < 4.78 is 28.7. The summed E-state index contributed by atoms with van der Waals surface area (Å²) in [6.45, 7) is 3.91. The van der Waals surface area contributed by atoms with Crippen LogP contribution < -0.4 is 11.3 Å². The highest BCUT2D eigenvalue weighted by molar-refractivity contribution is 5.85. The van der Waals surface area contributed by atoms with Gasteiger partial charge in [0.15, 0.2) is 0 Å². The van der Waals surface area contributed by atoms with Gasteiger partial charge in [-0.1, -0.05) is 13.8 Å². The fourth-order valence-electron chi connectivity index (χ4n) is 2.61. The predicted molar refractivity (Wildman–Crippen MR) is 94.6 cm³/mol. The molecule has 0 unspecified atom stereocenters. The molecule has 0 aliphatic carbocycles. The molecular weight excluding hydrogens is 352 g/mol. The second-order valence-corrected chi connectivity index (χ2v) is 5.99. The largest absolute Gasteiger partial charge is 0.396 e. The quantitative estimate of drug-likeness (QED) is 0.813. The lowest BCUT2D eigenvalue weighted by molar-refractivity contribution is 0.299. The SMILES string of the molecule is CC(C)Cn1nc(-c2ccc(F)cc2F)c(CCO)c(CN)c1=O.Cl. The van der Waals surface area contributed by atoms with Gasteiger partial charge in [-0.15, -0.1) is 12.4 Å². The van der Waals surface area contributed by atoms with Crippen molar-refractivity contribution < 1.29 is 13.9 Å². The number of rotatable bonds is 6. The molecule has 138 valence electrons. The Morgan fingerprint density at radius 3 is 2.48 bits per heavy atom. The van der Waals surface area contributed by atoms with E-state index in [-0.39, 0.29) is 54.7 Å². The van der Waals surface area contributed by atoms with Gasteiger partial charge in [0, 0.05) is 36.9 Å². The maximum atomic E-state index is 14.2.